The molecule has 3 atom stereocenters. The molecule has 0 radical (unpaired) electrons. The molecule has 4 heteroatoms. The van der Waals surface area contributed by atoms with Crippen molar-refractivity contribution < 1.29 is 13.5 Å². The Balaban J connectivity index is 2.07. The van der Waals surface area contributed by atoms with Gasteiger partial charge in [0.2, 0.25) is 0 Å². The Labute approximate surface area is 120 Å². The van der Waals surface area contributed by atoms with Crippen molar-refractivity contribution in [3.8, 4) is 0 Å². The van der Waals surface area contributed by atoms with Gasteiger partial charge in [0.05, 0.1) is 0 Å². The molecule has 2 rings (SSSR count). The summed E-state index contributed by atoms with van der Waals surface area (Å²) in [5.74, 6) is 0.771. The third-order valence-corrected chi connectivity index (χ3v) is 4.75. The number of hydrogen-bond acceptors (Lipinski definition) is 2. The van der Waals surface area contributed by atoms with E-state index in [0.29, 0.717) is 5.92 Å². The summed E-state index contributed by atoms with van der Waals surface area (Å²) >= 11 is 0. The summed E-state index contributed by atoms with van der Waals surface area (Å²) in [4.78, 5) is 0. The first-order chi connectivity index (χ1) is 9.67. The van der Waals surface area contributed by atoms with Gasteiger partial charge in [0.1, 0.15) is 11.9 Å². The largest absolute Gasteiger partial charge is 0.491 e. The number of allylic oxidation sites excluding steroid dienone is 2. The van der Waals surface area contributed by atoms with Crippen LogP contribution in [0.4, 0.5) is 8.78 Å². The van der Waals surface area contributed by atoms with E-state index in [1.165, 1.54) is 19.3 Å². The molecule has 1 aliphatic heterocycles. The van der Waals surface area contributed by atoms with E-state index >= 15 is 0 Å². The molecule has 0 spiro atoms. The molecule has 0 bridgehead atoms. The minimum Gasteiger partial charge on any atom is -0.491 e. The average Bonchev–Trinajstić information content (AvgIpc) is 2.53. The van der Waals surface area contributed by atoms with Gasteiger partial charge in [-0.15, -0.1) is 0 Å². The monoisotopic (exact) mass is 287 g/mol. The summed E-state index contributed by atoms with van der Waals surface area (Å²) in [5, 5.41) is 0. The normalized spacial score (nSPS) is 28.1. The van der Waals surface area contributed by atoms with Crippen molar-refractivity contribution in [2.24, 2.45) is 11.7 Å². The molecule has 1 aliphatic carbocycles. The van der Waals surface area contributed by atoms with Gasteiger partial charge in [-0.1, -0.05) is 26.2 Å². The van der Waals surface area contributed by atoms with Gasteiger partial charge in [0, 0.05) is 6.54 Å². The lowest BCUT2D eigenvalue weighted by Gasteiger charge is -2.36. The zero-order valence-electron chi connectivity index (χ0n) is 12.4. The second-order valence-electron chi connectivity index (χ2n) is 6.07. The first-order valence-corrected chi connectivity index (χ1v) is 8.04. The number of nitrogens with two attached hydrogens (primary N) is 1. The van der Waals surface area contributed by atoms with E-state index in [-0.39, 0.29) is 18.4 Å². The molecule has 2 N–H and O–H groups in total. The van der Waals surface area contributed by atoms with E-state index in [1.54, 1.807) is 0 Å². The summed E-state index contributed by atoms with van der Waals surface area (Å²) in [6.07, 6.45) is 5.31. The molecule has 0 aromatic heterocycles. The smallest absolute Gasteiger partial charge is 0.189 e. The second-order valence-corrected chi connectivity index (χ2v) is 6.07. The fraction of sp³-hybridized carbons (Fsp3) is 0.875. The third kappa shape index (κ3) is 3.51. The van der Waals surface area contributed by atoms with E-state index in [2.05, 4.69) is 0 Å². The molecule has 0 saturated heterocycles. The molecule has 20 heavy (non-hydrogen) atoms. The second kappa shape index (κ2) is 7.39. The summed E-state index contributed by atoms with van der Waals surface area (Å²) in [7, 11) is 0. The Morgan fingerprint density at radius 2 is 1.90 bits per heavy atom. The predicted molar refractivity (Wildman–Crippen MR) is 76.8 cm³/mol. The SMILES string of the molecule is CCC1=C(C(F)C(F)CN)OC(C2CCCCC2)CC1. The highest BCUT2D eigenvalue weighted by Gasteiger charge is 2.35. The zero-order chi connectivity index (χ0) is 14.5. The lowest BCUT2D eigenvalue weighted by atomic mass is 9.81. The molecule has 0 amide bonds. The predicted octanol–water partition coefficient (Wildman–Crippen LogP) is 4.04. The molecule has 116 valence electrons. The fourth-order valence-electron chi connectivity index (χ4n) is 3.48. The van der Waals surface area contributed by atoms with Crippen molar-refractivity contribution in [1.82, 2.24) is 0 Å². The van der Waals surface area contributed by atoms with Gasteiger partial charge in [0.15, 0.2) is 12.3 Å². The van der Waals surface area contributed by atoms with Crippen LogP contribution in [0.1, 0.15) is 58.3 Å². The maximum Gasteiger partial charge on any atom is 0.189 e. The molecule has 0 aromatic carbocycles. The van der Waals surface area contributed by atoms with Crippen LogP contribution < -0.4 is 5.73 Å². The molecule has 2 aliphatic rings. The Kier molecular flexibility index (Phi) is 5.82. The van der Waals surface area contributed by atoms with Gasteiger partial charge in [0.25, 0.3) is 0 Å². The summed E-state index contributed by atoms with van der Waals surface area (Å²) in [6, 6.07) is 0. The number of halogens is 2. The third-order valence-electron chi connectivity index (χ3n) is 4.75. The maximum atomic E-state index is 14.2. The van der Waals surface area contributed by atoms with Gasteiger partial charge in [-0.25, -0.2) is 8.78 Å². The van der Waals surface area contributed by atoms with Crippen molar-refractivity contribution in [2.45, 2.75) is 76.7 Å². The van der Waals surface area contributed by atoms with Crippen LogP contribution in [-0.4, -0.2) is 25.0 Å². The standard InChI is InChI=1S/C16H27F2NO/c1-2-11-8-9-14(12-6-4-3-5-7-12)20-16(11)15(18)13(17)10-19/h12-15H,2-10,19H2,1H3. The van der Waals surface area contributed by atoms with E-state index < -0.39 is 12.3 Å². The molecule has 0 aromatic rings. The molecule has 1 fully saturated rings. The van der Waals surface area contributed by atoms with Crippen LogP contribution in [0.25, 0.3) is 0 Å². The molecule has 1 heterocycles. The minimum atomic E-state index is -1.69. The topological polar surface area (TPSA) is 35.2 Å². The van der Waals surface area contributed by atoms with Crippen molar-refractivity contribution in [3.05, 3.63) is 11.3 Å². The van der Waals surface area contributed by atoms with Crippen molar-refractivity contribution >= 4 is 0 Å². The van der Waals surface area contributed by atoms with Crippen LogP contribution >= 0.6 is 0 Å². The van der Waals surface area contributed by atoms with Gasteiger partial charge in [-0.05, 0) is 43.6 Å². The van der Waals surface area contributed by atoms with Gasteiger partial charge >= 0.3 is 0 Å². The number of hydrogen-bond donors (Lipinski definition) is 1. The maximum absolute atomic E-state index is 14.2. The fourth-order valence-corrected chi connectivity index (χ4v) is 3.48. The molecule has 1 saturated carbocycles. The molecular formula is C16H27F2NO. The lowest BCUT2D eigenvalue weighted by molar-refractivity contribution is -0.00454. The van der Waals surface area contributed by atoms with Crippen LogP contribution in [0.2, 0.25) is 0 Å². The summed E-state index contributed by atoms with van der Waals surface area (Å²) < 4.78 is 33.7. The van der Waals surface area contributed by atoms with E-state index in [0.717, 1.165) is 37.7 Å². The highest BCUT2D eigenvalue weighted by molar-refractivity contribution is 5.17. The highest BCUT2D eigenvalue weighted by atomic mass is 19.2. The van der Waals surface area contributed by atoms with Crippen LogP contribution in [0.15, 0.2) is 11.3 Å². The molecular weight excluding hydrogens is 260 g/mol. The van der Waals surface area contributed by atoms with Crippen molar-refractivity contribution in [3.63, 3.8) is 0 Å². The van der Waals surface area contributed by atoms with E-state index in [4.69, 9.17) is 10.5 Å². The first-order valence-electron chi connectivity index (χ1n) is 8.04. The Hall–Kier alpha value is -0.640. The van der Waals surface area contributed by atoms with Gasteiger partial charge in [-0.2, -0.15) is 0 Å². The van der Waals surface area contributed by atoms with Crippen LogP contribution in [0, 0.1) is 5.92 Å². The average molecular weight is 287 g/mol. The van der Waals surface area contributed by atoms with Crippen LogP contribution in [-0.2, 0) is 4.74 Å². The highest BCUT2D eigenvalue weighted by Crippen LogP contribution is 2.38. The summed E-state index contributed by atoms with van der Waals surface area (Å²) in [5.41, 5.74) is 6.18. The van der Waals surface area contributed by atoms with Gasteiger partial charge < -0.3 is 10.5 Å². The lowest BCUT2D eigenvalue weighted by Crippen LogP contribution is -2.36. The first kappa shape index (κ1) is 15.7. The quantitative estimate of drug-likeness (QED) is 0.828. The molecule has 3 unspecified atom stereocenters. The van der Waals surface area contributed by atoms with Crippen LogP contribution in [0.3, 0.4) is 0 Å². The minimum absolute atomic E-state index is 0.0730. The summed E-state index contributed by atoms with van der Waals surface area (Å²) in [6.45, 7) is 1.68. The van der Waals surface area contributed by atoms with Crippen molar-refractivity contribution in [1.29, 1.82) is 0 Å². The molecule has 2 nitrogen and oxygen atoms in total. The van der Waals surface area contributed by atoms with E-state index in [1.807, 2.05) is 6.92 Å². The van der Waals surface area contributed by atoms with E-state index in [9.17, 15) is 8.78 Å². The zero-order valence-corrected chi connectivity index (χ0v) is 12.4. The van der Waals surface area contributed by atoms with Crippen molar-refractivity contribution in [2.75, 3.05) is 6.54 Å². The van der Waals surface area contributed by atoms with Gasteiger partial charge in [-0.3, -0.25) is 0 Å². The Bertz CT molecular complexity index is 339. The number of alkyl halides is 2. The number of ether oxygens (including phenoxy) is 1. The Morgan fingerprint density at radius 3 is 2.50 bits per heavy atom. The Morgan fingerprint density at radius 1 is 1.20 bits per heavy atom. The number of rotatable bonds is 5. The van der Waals surface area contributed by atoms with Crippen LogP contribution in [0.5, 0.6) is 0 Å².